The van der Waals surface area contributed by atoms with Crippen LogP contribution in [-0.2, 0) is 0 Å². The van der Waals surface area contributed by atoms with Crippen LogP contribution >= 0.6 is 0 Å². The van der Waals surface area contributed by atoms with Crippen molar-refractivity contribution in [3.8, 4) is 0 Å². The molecule has 12 heavy (non-hydrogen) atoms. The molecule has 0 amide bonds. The molecule has 0 aliphatic heterocycles. The molecule has 1 aromatic rings. The van der Waals surface area contributed by atoms with Gasteiger partial charge in [-0.15, -0.1) is 0 Å². The van der Waals surface area contributed by atoms with Gasteiger partial charge in [-0.1, -0.05) is 0 Å². The molecule has 1 rings (SSSR count). The molecule has 0 fully saturated rings. The van der Waals surface area contributed by atoms with Crippen molar-refractivity contribution < 1.29 is 0 Å². The maximum absolute atomic E-state index is 2.43. The predicted octanol–water partition coefficient (Wildman–Crippen LogP) is 2.85. The van der Waals surface area contributed by atoms with Crippen molar-refractivity contribution in [1.29, 1.82) is 0 Å². The van der Waals surface area contributed by atoms with E-state index < -0.39 is 13.3 Å². The Labute approximate surface area is 78.4 Å². The van der Waals surface area contributed by atoms with E-state index >= 15 is 0 Å². The van der Waals surface area contributed by atoms with Crippen LogP contribution in [-0.4, -0.2) is 13.3 Å². The van der Waals surface area contributed by atoms with Gasteiger partial charge in [0.25, 0.3) is 0 Å². The Morgan fingerprint density at radius 2 is 1.50 bits per heavy atom. The average Bonchev–Trinajstić information content (AvgIpc) is 1.92. The molecule has 0 heterocycles. The Morgan fingerprint density at radius 1 is 0.917 bits per heavy atom. The molecule has 66 valence electrons. The fourth-order valence-electron chi connectivity index (χ4n) is 1.21. The third-order valence-electron chi connectivity index (χ3n) is 2.37. The molecule has 0 bridgehead atoms. The summed E-state index contributed by atoms with van der Waals surface area (Å²) in [7, 11) is 0. The van der Waals surface area contributed by atoms with Crippen LogP contribution in [0.5, 0.6) is 0 Å². The van der Waals surface area contributed by atoms with Gasteiger partial charge in [0, 0.05) is 0 Å². The van der Waals surface area contributed by atoms with Gasteiger partial charge in [-0.3, -0.25) is 0 Å². The maximum atomic E-state index is 2.43. The van der Waals surface area contributed by atoms with Gasteiger partial charge in [-0.25, -0.2) is 0 Å². The second-order valence-electron chi connectivity index (χ2n) is 4.55. The Bertz CT molecular complexity index is 282. The summed E-state index contributed by atoms with van der Waals surface area (Å²) in [6.45, 7) is 4.38. The molecular formula is C11H18Ge. The third kappa shape index (κ3) is 2.13. The van der Waals surface area contributed by atoms with E-state index in [0.29, 0.717) is 0 Å². The number of hydrogen-bond acceptors (Lipinski definition) is 0. The molecule has 1 aromatic carbocycles. The van der Waals surface area contributed by atoms with Gasteiger partial charge in [0.15, 0.2) is 0 Å². The van der Waals surface area contributed by atoms with Crippen LogP contribution in [0.4, 0.5) is 0 Å². The normalized spacial score (nSPS) is 11.8. The molecule has 0 aliphatic carbocycles. The zero-order valence-corrected chi connectivity index (χ0v) is 10.8. The molecule has 1 heteroatoms. The van der Waals surface area contributed by atoms with E-state index in [0.717, 1.165) is 0 Å². The minimum atomic E-state index is -1.56. The zero-order chi connectivity index (χ0) is 9.35. The van der Waals surface area contributed by atoms with Crippen LogP contribution in [0.2, 0.25) is 17.3 Å². The summed E-state index contributed by atoms with van der Waals surface area (Å²) in [6.07, 6.45) is 0. The van der Waals surface area contributed by atoms with Crippen LogP contribution in [0, 0.1) is 13.8 Å². The summed E-state index contributed by atoms with van der Waals surface area (Å²) >= 11 is -1.56. The van der Waals surface area contributed by atoms with Crippen molar-refractivity contribution in [3.05, 3.63) is 29.3 Å². The van der Waals surface area contributed by atoms with Crippen LogP contribution < -0.4 is 4.40 Å². The number of hydrogen-bond donors (Lipinski definition) is 0. The summed E-state index contributed by atoms with van der Waals surface area (Å²) < 4.78 is 1.61. The number of benzene rings is 1. The van der Waals surface area contributed by atoms with Crippen LogP contribution in [0.1, 0.15) is 11.1 Å². The third-order valence-corrected chi connectivity index (χ3v) is 6.66. The average molecular weight is 223 g/mol. The van der Waals surface area contributed by atoms with E-state index in [1.807, 2.05) is 0 Å². The minimum absolute atomic E-state index is 1.41. The van der Waals surface area contributed by atoms with Gasteiger partial charge in [0.05, 0.1) is 0 Å². The first kappa shape index (κ1) is 9.85. The van der Waals surface area contributed by atoms with Crippen molar-refractivity contribution in [2.75, 3.05) is 0 Å². The molecule has 0 aromatic heterocycles. The van der Waals surface area contributed by atoms with Gasteiger partial charge in [0.2, 0.25) is 0 Å². The second-order valence-corrected chi connectivity index (χ2v) is 15.2. The summed E-state index contributed by atoms with van der Waals surface area (Å²) in [5.74, 6) is 7.30. The molecule has 0 N–H and O–H groups in total. The van der Waals surface area contributed by atoms with Crippen molar-refractivity contribution in [3.63, 3.8) is 0 Å². The number of rotatable bonds is 1. The molecule has 0 atom stereocenters. The molecule has 0 saturated carbocycles. The topological polar surface area (TPSA) is 0 Å². The summed E-state index contributed by atoms with van der Waals surface area (Å²) in [5.41, 5.74) is 2.85. The van der Waals surface area contributed by atoms with E-state index in [2.05, 4.69) is 49.3 Å². The van der Waals surface area contributed by atoms with Crippen molar-refractivity contribution in [2.45, 2.75) is 31.1 Å². The predicted molar refractivity (Wildman–Crippen MR) is 58.9 cm³/mol. The summed E-state index contributed by atoms with van der Waals surface area (Å²) in [6, 6.07) is 6.93. The fraction of sp³-hybridized carbons (Fsp3) is 0.455. The quantitative estimate of drug-likeness (QED) is 0.642. The zero-order valence-electron chi connectivity index (χ0n) is 8.73. The molecular weight excluding hydrogens is 205 g/mol. The monoisotopic (exact) mass is 224 g/mol. The van der Waals surface area contributed by atoms with E-state index in [9.17, 15) is 0 Å². The Balaban J connectivity index is 3.14. The van der Waals surface area contributed by atoms with Crippen molar-refractivity contribution in [2.24, 2.45) is 0 Å². The van der Waals surface area contributed by atoms with E-state index in [1.54, 1.807) is 4.40 Å². The molecule has 0 spiro atoms. The van der Waals surface area contributed by atoms with Gasteiger partial charge in [0.1, 0.15) is 0 Å². The van der Waals surface area contributed by atoms with Crippen LogP contribution in [0.15, 0.2) is 18.2 Å². The molecule has 0 radical (unpaired) electrons. The molecule has 0 saturated heterocycles. The van der Waals surface area contributed by atoms with Gasteiger partial charge in [-0.2, -0.15) is 0 Å². The second kappa shape index (κ2) is 3.25. The summed E-state index contributed by atoms with van der Waals surface area (Å²) in [5, 5.41) is 0. The standard InChI is InChI=1S/C11H18Ge/c1-9-6-7-11(8-10(9)2)12(3,4)5/h6-8H,1-5H3. The first-order valence-corrected chi connectivity index (χ1v) is 11.8. The Hall–Kier alpha value is -0.237. The van der Waals surface area contributed by atoms with E-state index in [-0.39, 0.29) is 0 Å². The summed E-state index contributed by atoms with van der Waals surface area (Å²) in [4.78, 5) is 0. The molecule has 0 aliphatic rings. The van der Waals surface area contributed by atoms with Gasteiger partial charge >= 0.3 is 78.1 Å². The molecule has 0 nitrogen and oxygen atoms in total. The van der Waals surface area contributed by atoms with Crippen LogP contribution in [0.3, 0.4) is 0 Å². The van der Waals surface area contributed by atoms with Gasteiger partial charge in [-0.05, 0) is 0 Å². The SMILES string of the molecule is Cc1cc[c]([Ge]([CH3])([CH3])[CH3])cc1C. The Morgan fingerprint density at radius 3 is 1.92 bits per heavy atom. The van der Waals surface area contributed by atoms with Gasteiger partial charge < -0.3 is 0 Å². The number of aryl methyl sites for hydroxylation is 2. The first-order valence-electron chi connectivity index (χ1n) is 4.49. The Kier molecular flexibility index (Phi) is 2.67. The molecule has 0 unspecified atom stereocenters. The van der Waals surface area contributed by atoms with E-state index in [1.165, 1.54) is 11.1 Å². The van der Waals surface area contributed by atoms with Crippen molar-refractivity contribution >= 4 is 17.7 Å². The van der Waals surface area contributed by atoms with Crippen molar-refractivity contribution in [1.82, 2.24) is 0 Å². The van der Waals surface area contributed by atoms with Crippen LogP contribution in [0.25, 0.3) is 0 Å². The fourth-order valence-corrected chi connectivity index (χ4v) is 3.79. The van der Waals surface area contributed by atoms with E-state index in [4.69, 9.17) is 0 Å². The first-order chi connectivity index (χ1) is 5.41.